The number of anilines is 2. The molecular weight excluding hydrogens is 545 g/mol. The van der Waals surface area contributed by atoms with E-state index < -0.39 is 5.91 Å². The van der Waals surface area contributed by atoms with Gasteiger partial charge in [-0.25, -0.2) is 9.37 Å². The van der Waals surface area contributed by atoms with E-state index in [0.29, 0.717) is 53.3 Å². The second-order valence-corrected chi connectivity index (χ2v) is 10.2. The summed E-state index contributed by atoms with van der Waals surface area (Å²) >= 11 is 7.37. The first-order valence-electron chi connectivity index (χ1n) is 12.4. The Balaban J connectivity index is 1.29. The number of halogens is 2. The first kappa shape index (κ1) is 28.5. The summed E-state index contributed by atoms with van der Waals surface area (Å²) in [5.41, 5.74) is 1.38. The van der Waals surface area contributed by atoms with E-state index in [9.17, 15) is 18.8 Å². The lowest BCUT2D eigenvalue weighted by Gasteiger charge is -2.36. The first-order valence-corrected chi connectivity index (χ1v) is 13.7. The lowest BCUT2D eigenvalue weighted by atomic mass is 10.2. The monoisotopic (exact) mass is 573 g/mol. The highest BCUT2D eigenvalue weighted by molar-refractivity contribution is 7.13. The number of aromatic nitrogens is 1. The van der Waals surface area contributed by atoms with E-state index in [0.717, 1.165) is 0 Å². The number of thiazole rings is 1. The van der Waals surface area contributed by atoms with Gasteiger partial charge in [-0.1, -0.05) is 35.9 Å². The van der Waals surface area contributed by atoms with E-state index >= 15 is 0 Å². The highest BCUT2D eigenvalue weighted by Gasteiger charge is 2.24. The van der Waals surface area contributed by atoms with Crippen molar-refractivity contribution in [2.75, 3.05) is 63.2 Å². The molecule has 2 aromatic carbocycles. The van der Waals surface area contributed by atoms with Gasteiger partial charge in [0.15, 0.2) is 5.13 Å². The Labute approximate surface area is 235 Å². The minimum Gasteiger partial charge on any atom is -0.383 e. The van der Waals surface area contributed by atoms with Crippen LogP contribution in [0.3, 0.4) is 0 Å². The minimum atomic E-state index is -0.428. The molecule has 1 aromatic heterocycles. The van der Waals surface area contributed by atoms with E-state index in [1.807, 2.05) is 4.90 Å². The normalized spacial score (nSPS) is 13.3. The maximum atomic E-state index is 14.1. The van der Waals surface area contributed by atoms with Gasteiger partial charge in [0.25, 0.3) is 5.91 Å². The van der Waals surface area contributed by atoms with Crippen LogP contribution in [0.5, 0.6) is 0 Å². The molecule has 1 saturated heterocycles. The van der Waals surface area contributed by atoms with Gasteiger partial charge in [0.1, 0.15) is 12.4 Å². The molecule has 1 N–H and O–H groups in total. The van der Waals surface area contributed by atoms with Gasteiger partial charge in [0, 0.05) is 45.2 Å². The zero-order valence-corrected chi connectivity index (χ0v) is 23.0. The van der Waals surface area contributed by atoms with Gasteiger partial charge in [0.05, 0.1) is 35.0 Å². The highest BCUT2D eigenvalue weighted by atomic mass is 35.5. The van der Waals surface area contributed by atoms with Crippen LogP contribution >= 0.6 is 22.9 Å². The molecule has 0 radical (unpaired) electrons. The standard InChI is InChI=1S/C27H29ClFN5O4S/c1-38-15-14-34(26(37)20-6-2-3-7-21(20)28)17-24(35)31-27-30-19(18-39-27)16-25(36)33-12-10-32(11-13-33)23-9-5-4-8-22(23)29/h2-9,18H,10-17H2,1H3,(H,30,31,35). The Bertz CT molecular complexity index is 1310. The third-order valence-electron chi connectivity index (χ3n) is 6.25. The molecule has 1 fully saturated rings. The number of hydrogen-bond donors (Lipinski definition) is 1. The summed E-state index contributed by atoms with van der Waals surface area (Å²) < 4.78 is 19.2. The van der Waals surface area contributed by atoms with E-state index in [4.69, 9.17) is 16.3 Å². The molecule has 0 bridgehead atoms. The van der Waals surface area contributed by atoms with E-state index in [2.05, 4.69) is 10.3 Å². The molecule has 206 valence electrons. The SMILES string of the molecule is COCCN(CC(=O)Nc1nc(CC(=O)N2CCN(c3ccccc3F)CC2)cs1)C(=O)c1ccccc1Cl. The summed E-state index contributed by atoms with van der Waals surface area (Å²) in [5, 5.41) is 5.07. The summed E-state index contributed by atoms with van der Waals surface area (Å²) in [4.78, 5) is 48.0. The Morgan fingerprint density at radius 2 is 1.82 bits per heavy atom. The molecule has 3 aromatic rings. The van der Waals surface area contributed by atoms with Crippen molar-refractivity contribution < 1.29 is 23.5 Å². The number of methoxy groups -OCH3 is 1. The number of rotatable bonds is 10. The van der Waals surface area contributed by atoms with Gasteiger partial charge >= 0.3 is 0 Å². The Hall–Kier alpha value is -3.54. The first-order chi connectivity index (χ1) is 18.9. The Morgan fingerprint density at radius 1 is 1.10 bits per heavy atom. The van der Waals surface area contributed by atoms with Crippen LogP contribution in [-0.2, 0) is 20.7 Å². The van der Waals surface area contributed by atoms with Crippen molar-refractivity contribution in [3.8, 4) is 0 Å². The van der Waals surface area contributed by atoms with Crippen molar-refractivity contribution in [2.24, 2.45) is 0 Å². The van der Waals surface area contributed by atoms with Crippen molar-refractivity contribution in [1.82, 2.24) is 14.8 Å². The number of ether oxygens (including phenoxy) is 1. The largest absolute Gasteiger partial charge is 0.383 e. The highest BCUT2D eigenvalue weighted by Crippen LogP contribution is 2.22. The molecule has 0 aliphatic carbocycles. The van der Waals surface area contributed by atoms with Crippen LogP contribution in [0.2, 0.25) is 5.02 Å². The van der Waals surface area contributed by atoms with Crippen LogP contribution in [0.25, 0.3) is 0 Å². The van der Waals surface area contributed by atoms with E-state index in [1.165, 1.54) is 29.4 Å². The molecule has 9 nitrogen and oxygen atoms in total. The van der Waals surface area contributed by atoms with Gasteiger partial charge in [0.2, 0.25) is 11.8 Å². The molecule has 1 aliphatic rings. The molecule has 39 heavy (non-hydrogen) atoms. The molecule has 0 atom stereocenters. The zero-order chi connectivity index (χ0) is 27.8. The van der Waals surface area contributed by atoms with Crippen LogP contribution in [0.4, 0.5) is 15.2 Å². The summed E-state index contributed by atoms with van der Waals surface area (Å²) in [6.07, 6.45) is 0.0943. The van der Waals surface area contributed by atoms with Crippen LogP contribution in [0.1, 0.15) is 16.1 Å². The summed E-state index contributed by atoms with van der Waals surface area (Å²) in [6, 6.07) is 13.3. The number of nitrogens with zero attached hydrogens (tertiary/aromatic N) is 4. The fraction of sp³-hybridized carbons (Fsp3) is 0.333. The van der Waals surface area contributed by atoms with E-state index in [1.54, 1.807) is 52.7 Å². The van der Waals surface area contributed by atoms with Crippen molar-refractivity contribution >= 4 is 51.5 Å². The number of amides is 3. The molecule has 0 spiro atoms. The second kappa shape index (κ2) is 13.5. The molecule has 12 heteroatoms. The third-order valence-corrected chi connectivity index (χ3v) is 7.38. The summed E-state index contributed by atoms with van der Waals surface area (Å²) in [6.45, 7) is 2.29. The maximum Gasteiger partial charge on any atom is 0.255 e. The Kier molecular flexibility index (Phi) is 9.85. The molecule has 2 heterocycles. The number of carbonyl (C=O) groups excluding carboxylic acids is 3. The van der Waals surface area contributed by atoms with Gasteiger partial charge in [-0.05, 0) is 24.3 Å². The minimum absolute atomic E-state index is 0.0811. The number of nitrogens with one attached hydrogen (secondary N) is 1. The molecule has 3 amide bonds. The van der Waals surface area contributed by atoms with Crippen molar-refractivity contribution in [3.63, 3.8) is 0 Å². The predicted molar refractivity (Wildman–Crippen MR) is 149 cm³/mol. The number of benzene rings is 2. The van der Waals surface area contributed by atoms with Gasteiger partial charge in [-0.15, -0.1) is 11.3 Å². The number of carbonyl (C=O) groups is 3. The number of para-hydroxylation sites is 1. The number of hydrogen-bond acceptors (Lipinski definition) is 7. The molecular formula is C27H29ClFN5O4S. The summed E-state index contributed by atoms with van der Waals surface area (Å²) in [7, 11) is 1.51. The quantitative estimate of drug-likeness (QED) is 0.399. The molecule has 4 rings (SSSR count). The fourth-order valence-electron chi connectivity index (χ4n) is 4.21. The van der Waals surface area contributed by atoms with Gasteiger partial charge in [-0.3, -0.25) is 14.4 Å². The average molecular weight is 574 g/mol. The van der Waals surface area contributed by atoms with Gasteiger partial charge < -0.3 is 24.8 Å². The maximum absolute atomic E-state index is 14.1. The molecule has 0 unspecified atom stereocenters. The van der Waals surface area contributed by atoms with Crippen molar-refractivity contribution in [2.45, 2.75) is 6.42 Å². The summed E-state index contributed by atoms with van der Waals surface area (Å²) in [5.74, 6) is -1.16. The Morgan fingerprint density at radius 3 is 2.54 bits per heavy atom. The predicted octanol–water partition coefficient (Wildman–Crippen LogP) is 3.55. The van der Waals surface area contributed by atoms with Crippen molar-refractivity contribution in [1.29, 1.82) is 0 Å². The smallest absolute Gasteiger partial charge is 0.255 e. The third kappa shape index (κ3) is 7.53. The van der Waals surface area contributed by atoms with Gasteiger partial charge in [-0.2, -0.15) is 0 Å². The average Bonchev–Trinajstić information content (AvgIpc) is 3.37. The second-order valence-electron chi connectivity index (χ2n) is 8.89. The zero-order valence-electron chi connectivity index (χ0n) is 21.4. The topological polar surface area (TPSA) is 95.1 Å². The fourth-order valence-corrected chi connectivity index (χ4v) is 5.15. The van der Waals surface area contributed by atoms with Crippen LogP contribution in [0, 0.1) is 5.82 Å². The van der Waals surface area contributed by atoms with Crippen LogP contribution in [-0.4, -0.2) is 85.5 Å². The molecule has 0 saturated carbocycles. The van der Waals surface area contributed by atoms with Crippen LogP contribution in [0.15, 0.2) is 53.9 Å². The number of piperazine rings is 1. The molecule has 1 aliphatic heterocycles. The lowest BCUT2D eigenvalue weighted by molar-refractivity contribution is -0.130. The lowest BCUT2D eigenvalue weighted by Crippen LogP contribution is -2.49. The van der Waals surface area contributed by atoms with E-state index in [-0.39, 0.29) is 43.7 Å². The van der Waals surface area contributed by atoms with Crippen LogP contribution < -0.4 is 10.2 Å². The van der Waals surface area contributed by atoms with Crippen molar-refractivity contribution in [3.05, 3.63) is 76.0 Å².